The van der Waals surface area contributed by atoms with Crippen LogP contribution in [0, 0.1) is 11.2 Å². The molecule has 0 bridgehead atoms. The van der Waals surface area contributed by atoms with Gasteiger partial charge in [0.05, 0.1) is 11.0 Å². The third kappa shape index (κ3) is 3.00. The average Bonchev–Trinajstić information content (AvgIpc) is 2.86. The molecule has 0 aromatic heterocycles. The van der Waals surface area contributed by atoms with E-state index in [9.17, 15) is 19.1 Å². The number of halogens is 2. The topological polar surface area (TPSA) is 66.4 Å². The van der Waals surface area contributed by atoms with Crippen molar-refractivity contribution in [2.24, 2.45) is 5.41 Å². The maximum atomic E-state index is 13.6. The largest absolute Gasteiger partial charge is 0.481 e. The Kier molecular flexibility index (Phi) is 4.42. The fourth-order valence-electron chi connectivity index (χ4n) is 2.54. The van der Waals surface area contributed by atoms with Gasteiger partial charge < -0.3 is 10.4 Å². The van der Waals surface area contributed by atoms with Crippen LogP contribution in [0.2, 0.25) is 0 Å². The van der Waals surface area contributed by atoms with Crippen LogP contribution in [0.1, 0.15) is 36.0 Å². The van der Waals surface area contributed by atoms with E-state index in [2.05, 4.69) is 21.2 Å². The first kappa shape index (κ1) is 15.0. The molecule has 108 valence electrons. The van der Waals surface area contributed by atoms with E-state index in [-0.39, 0.29) is 12.1 Å². The molecule has 4 nitrogen and oxygen atoms in total. The highest BCUT2D eigenvalue weighted by Crippen LogP contribution is 2.37. The molecule has 1 saturated carbocycles. The third-order valence-corrected chi connectivity index (χ3v) is 4.27. The minimum atomic E-state index is -0.901. The summed E-state index contributed by atoms with van der Waals surface area (Å²) in [6.07, 6.45) is 2.78. The lowest BCUT2D eigenvalue weighted by atomic mass is 9.86. The molecule has 0 radical (unpaired) electrons. The second kappa shape index (κ2) is 5.91. The van der Waals surface area contributed by atoms with Gasteiger partial charge in [0.1, 0.15) is 5.82 Å². The molecule has 0 unspecified atom stereocenters. The summed E-state index contributed by atoms with van der Waals surface area (Å²) in [6, 6.07) is 4.15. The summed E-state index contributed by atoms with van der Waals surface area (Å²) in [5, 5.41) is 11.9. The van der Waals surface area contributed by atoms with Gasteiger partial charge in [0.25, 0.3) is 5.91 Å². The Morgan fingerprint density at radius 1 is 1.35 bits per heavy atom. The van der Waals surface area contributed by atoms with Crippen LogP contribution in [-0.2, 0) is 4.79 Å². The minimum Gasteiger partial charge on any atom is -0.481 e. The van der Waals surface area contributed by atoms with E-state index in [1.807, 2.05) is 0 Å². The lowest BCUT2D eigenvalue weighted by Gasteiger charge is -2.24. The summed E-state index contributed by atoms with van der Waals surface area (Å²) >= 11 is 3.12. The van der Waals surface area contributed by atoms with Gasteiger partial charge in [-0.05, 0) is 31.0 Å². The number of carboxylic acid groups (broad SMARTS) is 1. The van der Waals surface area contributed by atoms with Gasteiger partial charge >= 0.3 is 5.97 Å². The molecule has 1 amide bonds. The van der Waals surface area contributed by atoms with Crippen LogP contribution in [0.3, 0.4) is 0 Å². The molecular formula is C14H15BrFNO3. The van der Waals surface area contributed by atoms with Crippen LogP contribution in [-0.4, -0.2) is 23.5 Å². The number of carboxylic acids is 1. The number of carbonyl (C=O) groups excluding carboxylic acids is 1. The standard InChI is InChI=1S/C14H15BrFNO3/c15-9-3-4-10(11(16)7-9)12(18)17-8-14(13(19)20)5-1-2-6-14/h3-4,7H,1-2,5-6,8H2,(H,17,18)(H,19,20). The Bertz CT molecular complexity index is 541. The molecule has 1 aromatic carbocycles. The van der Waals surface area contributed by atoms with E-state index >= 15 is 0 Å². The molecule has 2 N–H and O–H groups in total. The zero-order valence-electron chi connectivity index (χ0n) is 10.8. The highest BCUT2D eigenvalue weighted by Gasteiger charge is 2.41. The molecular weight excluding hydrogens is 329 g/mol. The summed E-state index contributed by atoms with van der Waals surface area (Å²) in [7, 11) is 0. The maximum Gasteiger partial charge on any atom is 0.311 e. The van der Waals surface area contributed by atoms with Gasteiger partial charge in [0.15, 0.2) is 0 Å². The van der Waals surface area contributed by atoms with Crippen molar-refractivity contribution in [3.8, 4) is 0 Å². The average molecular weight is 344 g/mol. The fraction of sp³-hybridized carbons (Fsp3) is 0.429. The summed E-state index contributed by atoms with van der Waals surface area (Å²) in [6.45, 7) is 0.0384. The second-order valence-electron chi connectivity index (χ2n) is 5.10. The van der Waals surface area contributed by atoms with E-state index in [4.69, 9.17) is 0 Å². The molecule has 0 heterocycles. The molecule has 20 heavy (non-hydrogen) atoms. The van der Waals surface area contributed by atoms with Crippen LogP contribution < -0.4 is 5.32 Å². The lowest BCUT2D eigenvalue weighted by molar-refractivity contribution is -0.148. The smallest absolute Gasteiger partial charge is 0.311 e. The monoisotopic (exact) mass is 343 g/mol. The second-order valence-corrected chi connectivity index (χ2v) is 6.02. The number of carbonyl (C=O) groups is 2. The highest BCUT2D eigenvalue weighted by atomic mass is 79.9. The Balaban J connectivity index is 2.06. The first-order valence-corrected chi connectivity index (χ1v) is 7.21. The van der Waals surface area contributed by atoms with E-state index < -0.39 is 23.1 Å². The summed E-state index contributed by atoms with van der Waals surface area (Å²) in [4.78, 5) is 23.3. The molecule has 0 spiro atoms. The minimum absolute atomic E-state index is 0.0384. The van der Waals surface area contributed by atoms with Gasteiger partial charge in [-0.15, -0.1) is 0 Å². The number of hydrogen-bond acceptors (Lipinski definition) is 2. The number of amides is 1. The number of rotatable bonds is 4. The van der Waals surface area contributed by atoms with Gasteiger partial charge in [-0.1, -0.05) is 28.8 Å². The van der Waals surface area contributed by atoms with Crippen molar-refractivity contribution in [1.82, 2.24) is 5.32 Å². The van der Waals surface area contributed by atoms with E-state index in [1.165, 1.54) is 12.1 Å². The quantitative estimate of drug-likeness (QED) is 0.883. The summed E-state index contributed by atoms with van der Waals surface area (Å²) < 4.78 is 14.2. The van der Waals surface area contributed by atoms with Gasteiger partial charge in [-0.3, -0.25) is 9.59 Å². The summed E-state index contributed by atoms with van der Waals surface area (Å²) in [5.74, 6) is -2.11. The van der Waals surface area contributed by atoms with E-state index in [1.54, 1.807) is 6.07 Å². The Morgan fingerprint density at radius 2 is 2.00 bits per heavy atom. The number of aliphatic carboxylic acids is 1. The maximum absolute atomic E-state index is 13.6. The van der Waals surface area contributed by atoms with Crippen LogP contribution in [0.15, 0.2) is 22.7 Å². The molecule has 1 aromatic rings. The summed E-state index contributed by atoms with van der Waals surface area (Å²) in [5.41, 5.74) is -0.978. The zero-order chi connectivity index (χ0) is 14.8. The molecule has 6 heteroatoms. The van der Waals surface area contributed by atoms with Crippen LogP contribution in [0.4, 0.5) is 4.39 Å². The van der Waals surface area contributed by atoms with Crippen LogP contribution >= 0.6 is 15.9 Å². The fourth-order valence-corrected chi connectivity index (χ4v) is 2.87. The Hall–Kier alpha value is -1.43. The highest BCUT2D eigenvalue weighted by molar-refractivity contribution is 9.10. The SMILES string of the molecule is O=C(NCC1(C(=O)O)CCCC1)c1ccc(Br)cc1F. The van der Waals surface area contributed by atoms with Crippen molar-refractivity contribution < 1.29 is 19.1 Å². The molecule has 0 atom stereocenters. The first-order valence-electron chi connectivity index (χ1n) is 6.41. The number of benzene rings is 1. The number of hydrogen-bond donors (Lipinski definition) is 2. The Morgan fingerprint density at radius 3 is 2.55 bits per heavy atom. The normalized spacial score (nSPS) is 16.9. The van der Waals surface area contributed by atoms with Gasteiger partial charge in [-0.25, -0.2) is 4.39 Å². The van der Waals surface area contributed by atoms with Crippen molar-refractivity contribution in [1.29, 1.82) is 0 Å². The number of nitrogens with one attached hydrogen (secondary N) is 1. The molecule has 0 aliphatic heterocycles. The van der Waals surface area contributed by atoms with Gasteiger partial charge in [0, 0.05) is 11.0 Å². The van der Waals surface area contributed by atoms with Gasteiger partial charge in [0.2, 0.25) is 0 Å². The van der Waals surface area contributed by atoms with Crippen molar-refractivity contribution >= 4 is 27.8 Å². The third-order valence-electron chi connectivity index (χ3n) is 3.78. The predicted octanol–water partition coefficient (Wildman–Crippen LogP) is 2.96. The van der Waals surface area contributed by atoms with E-state index in [0.29, 0.717) is 17.3 Å². The van der Waals surface area contributed by atoms with E-state index in [0.717, 1.165) is 12.8 Å². The van der Waals surface area contributed by atoms with Gasteiger partial charge in [-0.2, -0.15) is 0 Å². The predicted molar refractivity (Wildman–Crippen MR) is 75.0 cm³/mol. The van der Waals surface area contributed by atoms with Crippen molar-refractivity contribution in [2.45, 2.75) is 25.7 Å². The van der Waals surface area contributed by atoms with Crippen molar-refractivity contribution in [3.63, 3.8) is 0 Å². The zero-order valence-corrected chi connectivity index (χ0v) is 12.4. The Labute approximate surface area is 124 Å². The van der Waals surface area contributed by atoms with Crippen LogP contribution in [0.25, 0.3) is 0 Å². The lowest BCUT2D eigenvalue weighted by Crippen LogP contribution is -2.41. The van der Waals surface area contributed by atoms with Crippen molar-refractivity contribution in [2.75, 3.05) is 6.54 Å². The molecule has 1 aliphatic carbocycles. The molecule has 2 rings (SSSR count). The first-order chi connectivity index (χ1) is 9.44. The molecule has 0 saturated heterocycles. The molecule has 1 fully saturated rings. The molecule has 1 aliphatic rings. The van der Waals surface area contributed by atoms with Crippen molar-refractivity contribution in [3.05, 3.63) is 34.1 Å². The van der Waals surface area contributed by atoms with Crippen LogP contribution in [0.5, 0.6) is 0 Å².